The molecule has 0 bridgehead atoms. The highest BCUT2D eigenvalue weighted by Gasteiger charge is 2.25. The largest absolute Gasteiger partial charge is 0.478 e. The zero-order valence-corrected chi connectivity index (χ0v) is 9.84. The van der Waals surface area contributed by atoms with Gasteiger partial charge in [-0.3, -0.25) is 4.98 Å². The second-order valence-electron chi connectivity index (χ2n) is 4.57. The molecule has 3 rings (SSSR count). The van der Waals surface area contributed by atoms with Crippen LogP contribution in [0.5, 0.6) is 0 Å². The average Bonchev–Trinajstić information content (AvgIpc) is 3.23. The summed E-state index contributed by atoms with van der Waals surface area (Å²) in [5, 5.41) is 9.19. The number of aromatic carboxylic acids is 1. The van der Waals surface area contributed by atoms with Gasteiger partial charge in [0.1, 0.15) is 0 Å². The van der Waals surface area contributed by atoms with Crippen LogP contribution >= 0.6 is 0 Å². The molecule has 90 valence electrons. The Morgan fingerprint density at radius 1 is 1.11 bits per heavy atom. The number of carboxylic acids is 1. The summed E-state index contributed by atoms with van der Waals surface area (Å²) in [5.74, 6) is -0.342. The summed E-state index contributed by atoms with van der Waals surface area (Å²) in [6.07, 6.45) is 2.38. The number of carbonyl (C=O) groups is 1. The Balaban J connectivity index is 2.08. The molecule has 1 aromatic carbocycles. The fraction of sp³-hybridized carbons (Fsp3) is 0.200. The molecule has 18 heavy (non-hydrogen) atoms. The van der Waals surface area contributed by atoms with E-state index in [4.69, 9.17) is 0 Å². The van der Waals surface area contributed by atoms with Gasteiger partial charge in [-0.1, -0.05) is 24.3 Å². The molecule has 1 saturated carbocycles. The molecule has 3 heteroatoms. The van der Waals surface area contributed by atoms with E-state index >= 15 is 0 Å². The van der Waals surface area contributed by atoms with E-state index in [0.717, 1.165) is 11.4 Å². The van der Waals surface area contributed by atoms with Crippen LogP contribution in [-0.4, -0.2) is 16.1 Å². The van der Waals surface area contributed by atoms with E-state index in [-0.39, 0.29) is 0 Å². The molecule has 0 aliphatic heterocycles. The van der Waals surface area contributed by atoms with Crippen LogP contribution in [0, 0.1) is 0 Å². The smallest absolute Gasteiger partial charge is 0.336 e. The van der Waals surface area contributed by atoms with Gasteiger partial charge in [-0.05, 0) is 31.0 Å². The van der Waals surface area contributed by atoms with E-state index < -0.39 is 5.97 Å². The lowest BCUT2D eigenvalue weighted by Gasteiger charge is -2.06. The molecule has 1 N–H and O–H groups in total. The predicted octanol–water partition coefficient (Wildman–Crippen LogP) is 3.32. The summed E-state index contributed by atoms with van der Waals surface area (Å²) in [6.45, 7) is 0. The molecule has 0 radical (unpaired) electrons. The summed E-state index contributed by atoms with van der Waals surface area (Å²) in [5.41, 5.74) is 2.82. The first-order valence-corrected chi connectivity index (χ1v) is 6.05. The van der Waals surface area contributed by atoms with Gasteiger partial charge in [-0.15, -0.1) is 0 Å². The molecular formula is C15H13NO2. The van der Waals surface area contributed by atoms with E-state index in [1.807, 2.05) is 30.3 Å². The Morgan fingerprint density at radius 2 is 1.89 bits per heavy atom. The van der Waals surface area contributed by atoms with Crippen LogP contribution in [0.15, 0.2) is 42.5 Å². The van der Waals surface area contributed by atoms with E-state index in [2.05, 4.69) is 4.98 Å². The van der Waals surface area contributed by atoms with E-state index in [9.17, 15) is 9.90 Å². The van der Waals surface area contributed by atoms with Gasteiger partial charge in [-0.25, -0.2) is 4.79 Å². The van der Waals surface area contributed by atoms with Crippen molar-refractivity contribution in [1.82, 2.24) is 4.98 Å². The van der Waals surface area contributed by atoms with Gasteiger partial charge in [-0.2, -0.15) is 0 Å². The van der Waals surface area contributed by atoms with Crippen LogP contribution in [0.1, 0.15) is 34.8 Å². The molecule has 0 saturated heterocycles. The number of aromatic nitrogens is 1. The first kappa shape index (κ1) is 11.0. The van der Waals surface area contributed by atoms with Crippen molar-refractivity contribution in [2.75, 3.05) is 0 Å². The maximum Gasteiger partial charge on any atom is 0.336 e. The Labute approximate surface area is 105 Å². The standard InChI is InChI=1S/C15H13NO2/c17-15(18)12-5-2-1-4-11(12)14-7-3-6-13(16-14)10-8-9-10/h1-7,10H,8-9H2,(H,17,18). The molecule has 1 fully saturated rings. The molecule has 0 atom stereocenters. The first-order valence-electron chi connectivity index (χ1n) is 6.05. The molecule has 1 aliphatic carbocycles. The van der Waals surface area contributed by atoms with Crippen LogP contribution in [0.4, 0.5) is 0 Å². The Hall–Kier alpha value is -2.16. The number of hydrogen-bond donors (Lipinski definition) is 1. The number of nitrogens with zero attached hydrogens (tertiary/aromatic N) is 1. The third kappa shape index (κ3) is 1.99. The number of benzene rings is 1. The van der Waals surface area contributed by atoms with Crippen LogP contribution in [0.2, 0.25) is 0 Å². The first-order chi connectivity index (χ1) is 8.75. The van der Waals surface area contributed by atoms with Crippen molar-refractivity contribution in [3.05, 3.63) is 53.7 Å². The lowest BCUT2D eigenvalue weighted by molar-refractivity contribution is 0.0697. The number of hydrogen-bond acceptors (Lipinski definition) is 2. The van der Waals surface area contributed by atoms with Crippen LogP contribution in [-0.2, 0) is 0 Å². The van der Waals surface area contributed by atoms with Gasteiger partial charge in [0.2, 0.25) is 0 Å². The van der Waals surface area contributed by atoms with Crippen molar-refractivity contribution in [2.24, 2.45) is 0 Å². The highest BCUT2D eigenvalue weighted by Crippen LogP contribution is 2.39. The molecular weight excluding hydrogens is 226 g/mol. The van der Waals surface area contributed by atoms with Gasteiger partial charge < -0.3 is 5.11 Å². The summed E-state index contributed by atoms with van der Waals surface area (Å²) < 4.78 is 0. The van der Waals surface area contributed by atoms with E-state index in [0.29, 0.717) is 17.0 Å². The maximum atomic E-state index is 11.2. The molecule has 1 aromatic heterocycles. The number of pyridine rings is 1. The second kappa shape index (κ2) is 4.26. The highest BCUT2D eigenvalue weighted by atomic mass is 16.4. The molecule has 0 amide bonds. The van der Waals surface area contributed by atoms with Gasteiger partial charge in [0.15, 0.2) is 0 Å². The minimum atomic E-state index is -0.913. The molecule has 2 aromatic rings. The minimum absolute atomic E-state index is 0.304. The fourth-order valence-corrected chi connectivity index (χ4v) is 2.10. The Kier molecular flexibility index (Phi) is 2.59. The minimum Gasteiger partial charge on any atom is -0.478 e. The van der Waals surface area contributed by atoms with Crippen molar-refractivity contribution in [3.63, 3.8) is 0 Å². The van der Waals surface area contributed by atoms with E-state index in [1.54, 1.807) is 12.1 Å². The average molecular weight is 239 g/mol. The summed E-state index contributed by atoms with van der Waals surface area (Å²) in [6, 6.07) is 12.8. The molecule has 1 aliphatic rings. The van der Waals surface area contributed by atoms with Crippen molar-refractivity contribution in [2.45, 2.75) is 18.8 Å². The molecule has 0 spiro atoms. The Bertz CT molecular complexity index is 603. The third-order valence-corrected chi connectivity index (χ3v) is 3.20. The second-order valence-corrected chi connectivity index (χ2v) is 4.57. The van der Waals surface area contributed by atoms with Crippen molar-refractivity contribution >= 4 is 5.97 Å². The lowest BCUT2D eigenvalue weighted by atomic mass is 10.0. The van der Waals surface area contributed by atoms with Crippen molar-refractivity contribution in [3.8, 4) is 11.3 Å². The van der Waals surface area contributed by atoms with Crippen LogP contribution < -0.4 is 0 Å². The van der Waals surface area contributed by atoms with E-state index in [1.165, 1.54) is 12.8 Å². The molecule has 0 unspecified atom stereocenters. The van der Waals surface area contributed by atoms with Crippen molar-refractivity contribution < 1.29 is 9.90 Å². The predicted molar refractivity (Wildman–Crippen MR) is 68.6 cm³/mol. The summed E-state index contributed by atoms with van der Waals surface area (Å²) >= 11 is 0. The van der Waals surface area contributed by atoms with Crippen LogP contribution in [0.25, 0.3) is 11.3 Å². The van der Waals surface area contributed by atoms with Crippen LogP contribution in [0.3, 0.4) is 0 Å². The normalized spacial score (nSPS) is 14.4. The number of carboxylic acid groups (broad SMARTS) is 1. The monoisotopic (exact) mass is 239 g/mol. The van der Waals surface area contributed by atoms with Crippen molar-refractivity contribution in [1.29, 1.82) is 0 Å². The van der Waals surface area contributed by atoms with Gasteiger partial charge in [0.25, 0.3) is 0 Å². The summed E-state index contributed by atoms with van der Waals surface area (Å²) in [4.78, 5) is 15.8. The molecule has 1 heterocycles. The van der Waals surface area contributed by atoms with Gasteiger partial charge in [0, 0.05) is 17.2 Å². The SMILES string of the molecule is O=C(O)c1ccccc1-c1cccc(C2CC2)n1. The third-order valence-electron chi connectivity index (χ3n) is 3.20. The van der Waals surface area contributed by atoms with Gasteiger partial charge in [0.05, 0.1) is 11.3 Å². The topological polar surface area (TPSA) is 50.2 Å². The van der Waals surface area contributed by atoms with Gasteiger partial charge >= 0.3 is 5.97 Å². The highest BCUT2D eigenvalue weighted by molar-refractivity contribution is 5.95. The zero-order valence-electron chi connectivity index (χ0n) is 9.84. The zero-order chi connectivity index (χ0) is 12.5. The quantitative estimate of drug-likeness (QED) is 0.893. The maximum absolute atomic E-state index is 11.2. The number of rotatable bonds is 3. The fourth-order valence-electron chi connectivity index (χ4n) is 2.10. The summed E-state index contributed by atoms with van der Waals surface area (Å²) in [7, 11) is 0. The lowest BCUT2D eigenvalue weighted by Crippen LogP contribution is -2.00. The Morgan fingerprint density at radius 3 is 2.61 bits per heavy atom. The molecule has 3 nitrogen and oxygen atoms in total.